The van der Waals surface area contributed by atoms with E-state index in [2.05, 4.69) is 0 Å². The number of ether oxygens (including phenoxy) is 1. The Hall–Kier alpha value is -1.22. The van der Waals surface area contributed by atoms with Crippen LogP contribution in [-0.2, 0) is 4.74 Å². The summed E-state index contributed by atoms with van der Waals surface area (Å²) >= 11 is 5.92. The number of nitrogens with two attached hydrogens (primary N) is 1. The molecule has 0 radical (unpaired) electrons. The average molecular weight is 240 g/mol. The molecule has 0 unspecified atom stereocenters. The Labute approximate surface area is 99.5 Å². The molecule has 0 saturated heterocycles. The van der Waals surface area contributed by atoms with Crippen LogP contribution in [0.15, 0.2) is 18.2 Å². The van der Waals surface area contributed by atoms with E-state index in [1.54, 1.807) is 18.2 Å². The van der Waals surface area contributed by atoms with Crippen molar-refractivity contribution in [2.45, 2.75) is 19.3 Å². The van der Waals surface area contributed by atoms with E-state index >= 15 is 0 Å². The molecular weight excluding hydrogens is 226 g/mol. The predicted octanol–water partition coefficient (Wildman–Crippen LogP) is 2.88. The summed E-state index contributed by atoms with van der Waals surface area (Å²) in [4.78, 5) is 11.7. The molecule has 2 N–H and O–H groups in total. The van der Waals surface area contributed by atoms with Gasteiger partial charge in [0.05, 0.1) is 22.9 Å². The van der Waals surface area contributed by atoms with Crippen molar-refractivity contribution in [1.29, 1.82) is 0 Å². The van der Waals surface area contributed by atoms with Crippen LogP contribution in [0.5, 0.6) is 0 Å². The van der Waals surface area contributed by atoms with Crippen molar-refractivity contribution < 1.29 is 9.53 Å². The summed E-state index contributed by atoms with van der Waals surface area (Å²) in [5.41, 5.74) is 6.35. The van der Waals surface area contributed by atoms with Crippen LogP contribution in [0.25, 0.3) is 0 Å². The van der Waals surface area contributed by atoms with Gasteiger partial charge in [-0.3, -0.25) is 0 Å². The molecular formula is C12H14ClNO2. The van der Waals surface area contributed by atoms with Gasteiger partial charge >= 0.3 is 5.97 Å². The lowest BCUT2D eigenvalue weighted by atomic mass is 10.2. The zero-order valence-electron chi connectivity index (χ0n) is 8.91. The van der Waals surface area contributed by atoms with Gasteiger partial charge in [0.1, 0.15) is 0 Å². The molecule has 1 aliphatic rings. The summed E-state index contributed by atoms with van der Waals surface area (Å²) in [6.45, 7) is 0.467. The quantitative estimate of drug-likeness (QED) is 0.649. The molecule has 0 bridgehead atoms. The average Bonchev–Trinajstić information content (AvgIpc) is 3.06. The highest BCUT2D eigenvalue weighted by Crippen LogP contribution is 2.32. The number of carbonyl (C=O) groups is 1. The van der Waals surface area contributed by atoms with Gasteiger partial charge < -0.3 is 10.5 Å². The molecule has 3 nitrogen and oxygen atoms in total. The maximum Gasteiger partial charge on any atom is 0.339 e. The van der Waals surface area contributed by atoms with E-state index in [0.29, 0.717) is 17.9 Å². The van der Waals surface area contributed by atoms with Crippen molar-refractivity contribution in [1.82, 2.24) is 0 Å². The normalized spacial score (nSPS) is 14.8. The summed E-state index contributed by atoms with van der Waals surface area (Å²) in [5.74, 6) is 0.363. The minimum absolute atomic E-state index is 0.277. The second-order valence-corrected chi connectivity index (χ2v) is 4.45. The highest BCUT2D eigenvalue weighted by Gasteiger charge is 2.21. The number of benzene rings is 1. The molecule has 0 spiro atoms. The smallest absolute Gasteiger partial charge is 0.339 e. The summed E-state index contributed by atoms with van der Waals surface area (Å²) in [7, 11) is 0. The molecule has 86 valence electrons. The first-order chi connectivity index (χ1) is 7.68. The van der Waals surface area contributed by atoms with Crippen LogP contribution >= 0.6 is 11.6 Å². The Morgan fingerprint density at radius 3 is 2.94 bits per heavy atom. The van der Waals surface area contributed by atoms with E-state index in [1.807, 2.05) is 0 Å². The van der Waals surface area contributed by atoms with Crippen molar-refractivity contribution in [2.75, 3.05) is 12.3 Å². The summed E-state index contributed by atoms with van der Waals surface area (Å²) in [6, 6.07) is 4.97. The molecule has 0 aliphatic heterocycles. The van der Waals surface area contributed by atoms with Crippen LogP contribution in [0.3, 0.4) is 0 Å². The Bertz CT molecular complexity index is 402. The Balaban J connectivity index is 1.93. The molecule has 0 amide bonds. The van der Waals surface area contributed by atoms with Crippen LogP contribution in [0.4, 0.5) is 5.69 Å². The maximum atomic E-state index is 11.7. The van der Waals surface area contributed by atoms with Gasteiger partial charge in [0, 0.05) is 0 Å². The van der Waals surface area contributed by atoms with Crippen molar-refractivity contribution in [3.8, 4) is 0 Å². The Morgan fingerprint density at radius 1 is 1.50 bits per heavy atom. The lowest BCUT2D eigenvalue weighted by Gasteiger charge is -2.07. The maximum absolute atomic E-state index is 11.7. The number of halogens is 1. The van der Waals surface area contributed by atoms with E-state index in [-0.39, 0.29) is 5.02 Å². The summed E-state index contributed by atoms with van der Waals surface area (Å²) < 4.78 is 5.14. The lowest BCUT2D eigenvalue weighted by Crippen LogP contribution is -2.08. The topological polar surface area (TPSA) is 52.3 Å². The molecule has 2 rings (SSSR count). The fourth-order valence-corrected chi connectivity index (χ4v) is 1.71. The van der Waals surface area contributed by atoms with E-state index in [1.165, 1.54) is 12.8 Å². The van der Waals surface area contributed by atoms with Crippen molar-refractivity contribution >= 4 is 23.3 Å². The van der Waals surface area contributed by atoms with E-state index in [0.717, 1.165) is 12.3 Å². The van der Waals surface area contributed by atoms with Crippen LogP contribution in [0.1, 0.15) is 29.6 Å². The molecule has 1 fully saturated rings. The standard InChI is InChI=1S/C12H14ClNO2/c13-11-9(2-1-3-10(11)14)12(15)16-7-6-8-4-5-8/h1-3,8H,4-7,14H2. The molecule has 16 heavy (non-hydrogen) atoms. The molecule has 0 heterocycles. The number of hydrogen-bond acceptors (Lipinski definition) is 3. The molecule has 1 aromatic rings. The van der Waals surface area contributed by atoms with Gasteiger partial charge in [-0.05, 0) is 24.5 Å². The van der Waals surface area contributed by atoms with Gasteiger partial charge in [0.25, 0.3) is 0 Å². The number of carbonyl (C=O) groups excluding carboxylic acids is 1. The summed E-state index contributed by atoms with van der Waals surface area (Å²) in [6.07, 6.45) is 3.47. The largest absolute Gasteiger partial charge is 0.462 e. The first-order valence-corrected chi connectivity index (χ1v) is 5.77. The number of hydrogen-bond donors (Lipinski definition) is 1. The lowest BCUT2D eigenvalue weighted by molar-refractivity contribution is 0.0495. The zero-order valence-corrected chi connectivity index (χ0v) is 9.67. The minimum Gasteiger partial charge on any atom is -0.462 e. The van der Waals surface area contributed by atoms with E-state index in [4.69, 9.17) is 22.1 Å². The number of nitrogen functional groups attached to an aromatic ring is 1. The fraction of sp³-hybridized carbons (Fsp3) is 0.417. The van der Waals surface area contributed by atoms with Gasteiger partial charge in [-0.25, -0.2) is 4.79 Å². The third-order valence-electron chi connectivity index (χ3n) is 2.70. The van der Waals surface area contributed by atoms with Crippen LogP contribution in [-0.4, -0.2) is 12.6 Å². The van der Waals surface area contributed by atoms with Crippen molar-refractivity contribution in [2.24, 2.45) is 5.92 Å². The third kappa shape index (κ3) is 2.67. The minimum atomic E-state index is -0.391. The molecule has 4 heteroatoms. The first-order valence-electron chi connectivity index (χ1n) is 5.39. The fourth-order valence-electron chi connectivity index (χ4n) is 1.51. The van der Waals surface area contributed by atoms with Crippen molar-refractivity contribution in [3.63, 3.8) is 0 Å². The molecule has 1 aliphatic carbocycles. The third-order valence-corrected chi connectivity index (χ3v) is 3.13. The highest BCUT2D eigenvalue weighted by molar-refractivity contribution is 6.36. The van der Waals surface area contributed by atoms with Gasteiger partial charge in [-0.15, -0.1) is 0 Å². The van der Waals surface area contributed by atoms with Crippen molar-refractivity contribution in [3.05, 3.63) is 28.8 Å². The monoisotopic (exact) mass is 239 g/mol. The second-order valence-electron chi connectivity index (χ2n) is 4.08. The van der Waals surface area contributed by atoms with E-state index < -0.39 is 5.97 Å². The number of rotatable bonds is 4. The molecule has 1 saturated carbocycles. The van der Waals surface area contributed by atoms with Gasteiger partial charge in [-0.2, -0.15) is 0 Å². The van der Waals surface area contributed by atoms with Gasteiger partial charge in [0.15, 0.2) is 0 Å². The van der Waals surface area contributed by atoms with Crippen LogP contribution in [0.2, 0.25) is 5.02 Å². The number of anilines is 1. The highest BCUT2D eigenvalue weighted by atomic mass is 35.5. The van der Waals surface area contributed by atoms with Crippen LogP contribution < -0.4 is 5.73 Å². The second kappa shape index (κ2) is 4.74. The summed E-state index contributed by atoms with van der Waals surface area (Å²) in [5, 5.41) is 0.277. The SMILES string of the molecule is Nc1cccc(C(=O)OCCC2CC2)c1Cl. The number of esters is 1. The zero-order chi connectivity index (χ0) is 11.5. The first kappa shape index (κ1) is 11.3. The Kier molecular flexibility index (Phi) is 3.34. The van der Waals surface area contributed by atoms with Gasteiger partial charge in [0.2, 0.25) is 0 Å². The molecule has 0 atom stereocenters. The Morgan fingerprint density at radius 2 is 2.25 bits per heavy atom. The van der Waals surface area contributed by atoms with Gasteiger partial charge in [-0.1, -0.05) is 30.5 Å². The molecule has 0 aromatic heterocycles. The van der Waals surface area contributed by atoms with Crippen LogP contribution in [0, 0.1) is 5.92 Å². The predicted molar refractivity (Wildman–Crippen MR) is 63.5 cm³/mol. The molecule has 1 aromatic carbocycles. The van der Waals surface area contributed by atoms with E-state index in [9.17, 15) is 4.79 Å².